The molecule has 4 nitrogen and oxygen atoms in total. The lowest BCUT2D eigenvalue weighted by Crippen LogP contribution is -2.02. The van der Waals surface area contributed by atoms with E-state index in [0.717, 1.165) is 12.8 Å². The molecule has 0 radical (unpaired) electrons. The minimum absolute atomic E-state index is 0.272. The van der Waals surface area contributed by atoms with Gasteiger partial charge in [-0.1, -0.05) is 11.6 Å². The summed E-state index contributed by atoms with van der Waals surface area (Å²) >= 11 is 5.99. The molecule has 2 rings (SSSR count). The van der Waals surface area contributed by atoms with Crippen molar-refractivity contribution in [3.8, 4) is 11.9 Å². The van der Waals surface area contributed by atoms with E-state index in [9.17, 15) is 0 Å². The molecule has 2 aromatic rings. The van der Waals surface area contributed by atoms with Gasteiger partial charge in [0.15, 0.2) is 0 Å². The fourth-order valence-electron chi connectivity index (χ4n) is 1.61. The number of aryl methyl sites for hydroxylation is 1. The van der Waals surface area contributed by atoms with E-state index < -0.39 is 0 Å². The molecular weight excluding hydrogens is 262 g/mol. The smallest absolute Gasteiger partial charge is 0.233 e. The number of hydrogen-bond acceptors (Lipinski definition) is 4. The molecule has 0 atom stereocenters. The summed E-state index contributed by atoms with van der Waals surface area (Å²) in [7, 11) is 0. The van der Waals surface area contributed by atoms with Crippen molar-refractivity contribution in [2.75, 3.05) is 6.61 Å². The third-order valence-electron chi connectivity index (χ3n) is 2.58. The minimum atomic E-state index is 0.272. The van der Waals surface area contributed by atoms with Crippen LogP contribution in [0.4, 0.5) is 0 Å². The highest BCUT2D eigenvalue weighted by molar-refractivity contribution is 6.32. The van der Waals surface area contributed by atoms with Gasteiger partial charge in [0, 0.05) is 18.6 Å². The van der Waals surface area contributed by atoms with Crippen molar-refractivity contribution >= 4 is 11.6 Å². The second-order valence-corrected chi connectivity index (χ2v) is 4.27. The zero-order chi connectivity index (χ0) is 13.5. The molecule has 0 amide bonds. The van der Waals surface area contributed by atoms with Gasteiger partial charge in [0.25, 0.3) is 0 Å². The molecular formula is C14H12ClN3O. The Hall–Kier alpha value is -2.12. The summed E-state index contributed by atoms with van der Waals surface area (Å²) in [6, 6.07) is 7.50. The van der Waals surface area contributed by atoms with E-state index in [2.05, 4.69) is 9.97 Å². The predicted molar refractivity (Wildman–Crippen MR) is 72.0 cm³/mol. The zero-order valence-electron chi connectivity index (χ0n) is 10.2. The Morgan fingerprint density at radius 1 is 1.21 bits per heavy atom. The summed E-state index contributed by atoms with van der Waals surface area (Å²) in [4.78, 5) is 7.98. The van der Waals surface area contributed by atoms with Crippen molar-refractivity contribution in [2.45, 2.75) is 12.8 Å². The molecule has 0 saturated carbocycles. The lowest BCUT2D eigenvalue weighted by atomic mass is 10.1. The van der Waals surface area contributed by atoms with Crippen molar-refractivity contribution < 1.29 is 4.74 Å². The van der Waals surface area contributed by atoms with Gasteiger partial charge in [0.2, 0.25) is 5.88 Å². The van der Waals surface area contributed by atoms with Gasteiger partial charge in [-0.3, -0.25) is 4.98 Å². The SMILES string of the molecule is N#Cc1ccnc(OCCCc2ccncc2)c1Cl. The van der Waals surface area contributed by atoms with Crippen LogP contribution in [-0.2, 0) is 6.42 Å². The Morgan fingerprint density at radius 3 is 2.74 bits per heavy atom. The minimum Gasteiger partial charge on any atom is -0.477 e. The van der Waals surface area contributed by atoms with Crippen LogP contribution >= 0.6 is 11.6 Å². The van der Waals surface area contributed by atoms with Gasteiger partial charge in [-0.05, 0) is 36.6 Å². The summed E-state index contributed by atoms with van der Waals surface area (Å²) in [5.74, 6) is 0.315. The van der Waals surface area contributed by atoms with E-state index in [-0.39, 0.29) is 5.02 Å². The predicted octanol–water partition coefficient (Wildman–Crippen LogP) is 3.01. The highest BCUT2D eigenvalue weighted by Crippen LogP contribution is 2.24. The van der Waals surface area contributed by atoms with Gasteiger partial charge >= 0.3 is 0 Å². The molecule has 0 unspecified atom stereocenters. The number of rotatable bonds is 5. The average Bonchev–Trinajstić information content (AvgIpc) is 2.46. The fraction of sp³-hybridized carbons (Fsp3) is 0.214. The molecule has 0 aliphatic carbocycles. The topological polar surface area (TPSA) is 58.8 Å². The van der Waals surface area contributed by atoms with Crippen LogP contribution in [0.2, 0.25) is 5.02 Å². The van der Waals surface area contributed by atoms with Crippen LogP contribution in [0.1, 0.15) is 17.5 Å². The maximum atomic E-state index is 8.84. The molecule has 2 heterocycles. The van der Waals surface area contributed by atoms with Gasteiger partial charge in [0.05, 0.1) is 12.2 Å². The zero-order valence-corrected chi connectivity index (χ0v) is 11.0. The van der Waals surface area contributed by atoms with Crippen LogP contribution in [0.3, 0.4) is 0 Å². The van der Waals surface area contributed by atoms with Crippen LogP contribution in [0, 0.1) is 11.3 Å². The Labute approximate surface area is 116 Å². The highest BCUT2D eigenvalue weighted by Gasteiger charge is 2.07. The third-order valence-corrected chi connectivity index (χ3v) is 2.94. The number of hydrogen-bond donors (Lipinski definition) is 0. The van der Waals surface area contributed by atoms with E-state index in [0.29, 0.717) is 18.1 Å². The van der Waals surface area contributed by atoms with Gasteiger partial charge in [-0.25, -0.2) is 4.98 Å². The lowest BCUT2D eigenvalue weighted by Gasteiger charge is -2.07. The number of ether oxygens (including phenoxy) is 1. The quantitative estimate of drug-likeness (QED) is 0.786. The monoisotopic (exact) mass is 273 g/mol. The normalized spacial score (nSPS) is 9.89. The molecule has 96 valence electrons. The van der Waals surface area contributed by atoms with Crippen molar-refractivity contribution in [3.63, 3.8) is 0 Å². The molecule has 5 heteroatoms. The van der Waals surface area contributed by atoms with Crippen molar-refractivity contribution in [1.29, 1.82) is 5.26 Å². The molecule has 0 bridgehead atoms. The van der Waals surface area contributed by atoms with Crippen molar-refractivity contribution in [1.82, 2.24) is 9.97 Å². The average molecular weight is 274 g/mol. The molecule has 2 aromatic heterocycles. The molecule has 0 N–H and O–H groups in total. The maximum absolute atomic E-state index is 8.84. The maximum Gasteiger partial charge on any atom is 0.233 e. The van der Waals surface area contributed by atoms with E-state index >= 15 is 0 Å². The number of aromatic nitrogens is 2. The van der Waals surface area contributed by atoms with E-state index in [1.165, 1.54) is 11.8 Å². The third kappa shape index (κ3) is 3.67. The lowest BCUT2D eigenvalue weighted by molar-refractivity contribution is 0.299. The second kappa shape index (κ2) is 6.72. The standard InChI is InChI=1S/C14H12ClN3O/c15-13-12(10-16)5-8-18-14(13)19-9-1-2-11-3-6-17-7-4-11/h3-8H,1-2,9H2. The van der Waals surface area contributed by atoms with Gasteiger partial charge in [-0.2, -0.15) is 5.26 Å². The summed E-state index contributed by atoms with van der Waals surface area (Å²) in [5.41, 5.74) is 1.59. The van der Waals surface area contributed by atoms with Crippen molar-refractivity contribution in [2.24, 2.45) is 0 Å². The first-order valence-electron chi connectivity index (χ1n) is 5.87. The Bertz CT molecular complexity index is 581. The van der Waals surface area contributed by atoms with Gasteiger partial charge < -0.3 is 4.74 Å². The van der Waals surface area contributed by atoms with Crippen molar-refractivity contribution in [3.05, 3.63) is 52.9 Å². The Balaban J connectivity index is 1.85. The van der Waals surface area contributed by atoms with E-state index in [4.69, 9.17) is 21.6 Å². The largest absolute Gasteiger partial charge is 0.477 e. The number of halogens is 1. The first-order valence-corrected chi connectivity index (χ1v) is 6.25. The van der Waals surface area contributed by atoms with E-state index in [1.807, 2.05) is 18.2 Å². The first kappa shape index (κ1) is 13.3. The van der Waals surface area contributed by atoms with Crippen LogP contribution in [0.5, 0.6) is 5.88 Å². The highest BCUT2D eigenvalue weighted by atomic mass is 35.5. The number of nitrogens with zero attached hydrogens (tertiary/aromatic N) is 3. The molecule has 0 spiro atoms. The molecule has 0 aliphatic heterocycles. The summed E-state index contributed by atoms with van der Waals surface area (Å²) in [6.45, 7) is 0.504. The summed E-state index contributed by atoms with van der Waals surface area (Å²) < 4.78 is 5.49. The Kier molecular flexibility index (Phi) is 4.71. The van der Waals surface area contributed by atoms with Crippen LogP contribution in [-0.4, -0.2) is 16.6 Å². The summed E-state index contributed by atoms with van der Waals surface area (Å²) in [6.07, 6.45) is 6.80. The fourth-order valence-corrected chi connectivity index (χ4v) is 1.81. The summed E-state index contributed by atoms with van der Waals surface area (Å²) in [5, 5.41) is 9.11. The van der Waals surface area contributed by atoms with Crippen LogP contribution in [0.15, 0.2) is 36.8 Å². The van der Waals surface area contributed by atoms with Gasteiger partial charge in [-0.15, -0.1) is 0 Å². The van der Waals surface area contributed by atoms with Crippen LogP contribution in [0.25, 0.3) is 0 Å². The first-order chi connectivity index (χ1) is 9.31. The number of pyridine rings is 2. The Morgan fingerprint density at radius 2 is 2.00 bits per heavy atom. The number of nitriles is 1. The molecule has 19 heavy (non-hydrogen) atoms. The van der Waals surface area contributed by atoms with Gasteiger partial charge in [0.1, 0.15) is 11.1 Å². The molecule has 0 aromatic carbocycles. The molecule has 0 aliphatic rings. The molecule has 0 saturated heterocycles. The second-order valence-electron chi connectivity index (χ2n) is 3.90. The van der Waals surface area contributed by atoms with Crippen LogP contribution < -0.4 is 4.74 Å². The van der Waals surface area contributed by atoms with E-state index in [1.54, 1.807) is 18.5 Å². The molecule has 0 fully saturated rings.